The van der Waals surface area contributed by atoms with E-state index < -0.39 is 36.1 Å². The van der Waals surface area contributed by atoms with Crippen molar-refractivity contribution in [2.24, 2.45) is 0 Å². The van der Waals surface area contributed by atoms with E-state index in [2.05, 4.69) is 10.6 Å². The number of nitrogens with zero attached hydrogens (tertiary/aromatic N) is 1. The number of nitrogens with one attached hydrogen (secondary N) is 2. The van der Waals surface area contributed by atoms with Crippen LogP contribution in [0.1, 0.15) is 53.7 Å². The molecule has 1 fully saturated rings. The van der Waals surface area contributed by atoms with Crippen molar-refractivity contribution in [2.75, 3.05) is 18.5 Å². The number of rotatable bonds is 8. The monoisotopic (exact) mass is 475 g/mol. The van der Waals surface area contributed by atoms with E-state index in [9.17, 15) is 27.6 Å². The third-order valence-corrected chi connectivity index (χ3v) is 5.65. The molecule has 4 rings (SSSR count). The van der Waals surface area contributed by atoms with Crippen LogP contribution in [0.2, 0.25) is 0 Å². The molecule has 2 aliphatic rings. The maximum absolute atomic E-state index is 13.1. The first kappa shape index (κ1) is 23.6. The second-order valence-electron chi connectivity index (χ2n) is 8.26. The molecule has 2 aromatic rings. The van der Waals surface area contributed by atoms with E-state index in [0.717, 1.165) is 31.0 Å². The Hall–Kier alpha value is -3.56. The van der Waals surface area contributed by atoms with Crippen LogP contribution >= 0.6 is 0 Å². The predicted molar refractivity (Wildman–Crippen MR) is 117 cm³/mol. The van der Waals surface area contributed by atoms with Crippen LogP contribution in [0.25, 0.3) is 0 Å². The number of carbonyl (C=O) groups excluding carboxylic acids is 3. The van der Waals surface area contributed by atoms with Gasteiger partial charge in [0, 0.05) is 11.6 Å². The largest absolute Gasteiger partial charge is 0.491 e. The first-order valence-corrected chi connectivity index (χ1v) is 11.0. The molecule has 2 N–H and O–H groups in total. The van der Waals surface area contributed by atoms with Gasteiger partial charge in [-0.3, -0.25) is 14.4 Å². The van der Waals surface area contributed by atoms with E-state index in [1.165, 1.54) is 0 Å². The van der Waals surface area contributed by atoms with Gasteiger partial charge >= 0.3 is 6.18 Å². The standard InChI is InChI=1S/C24H24F3N3O4/c1-2-11-34-19-10-7-14(24(25,26)27)12-18(19)29-20(31)13-28-22(32)21-16-5-3-4-6-17(16)23(33)30(21)15-8-9-15/h3-7,10,12,15,21H,2,8-9,11,13H2,1H3,(H,28,32)(H,29,31). The minimum atomic E-state index is -4.59. The van der Waals surface area contributed by atoms with E-state index in [1.54, 1.807) is 29.2 Å². The summed E-state index contributed by atoms with van der Waals surface area (Å²) in [4.78, 5) is 39.8. The van der Waals surface area contributed by atoms with Gasteiger partial charge in [-0.25, -0.2) is 0 Å². The summed E-state index contributed by atoms with van der Waals surface area (Å²) in [5, 5.41) is 4.91. The highest BCUT2D eigenvalue weighted by atomic mass is 19.4. The molecule has 34 heavy (non-hydrogen) atoms. The molecular weight excluding hydrogens is 451 g/mol. The SMILES string of the molecule is CCCOc1ccc(C(F)(F)F)cc1NC(=O)CNC(=O)C1c2ccccc2C(=O)N1C1CC1. The molecular formula is C24H24F3N3O4. The molecule has 1 heterocycles. The molecule has 10 heteroatoms. The van der Waals surface area contributed by atoms with Crippen LogP contribution in [0.3, 0.4) is 0 Å². The second kappa shape index (κ2) is 9.36. The van der Waals surface area contributed by atoms with Crippen LogP contribution in [0.5, 0.6) is 5.75 Å². The first-order chi connectivity index (χ1) is 16.2. The summed E-state index contributed by atoms with van der Waals surface area (Å²) in [6.45, 7) is 1.62. The third-order valence-electron chi connectivity index (χ3n) is 5.65. The van der Waals surface area contributed by atoms with Crippen molar-refractivity contribution in [3.8, 4) is 5.75 Å². The average molecular weight is 475 g/mol. The number of alkyl halides is 3. The van der Waals surface area contributed by atoms with Crippen LogP contribution in [0, 0.1) is 0 Å². The lowest BCUT2D eigenvalue weighted by Crippen LogP contribution is -2.42. The molecule has 1 saturated carbocycles. The fourth-order valence-electron chi connectivity index (χ4n) is 3.93. The fraction of sp³-hybridized carbons (Fsp3) is 0.375. The van der Waals surface area contributed by atoms with Gasteiger partial charge in [-0.15, -0.1) is 0 Å². The van der Waals surface area contributed by atoms with Gasteiger partial charge in [0.15, 0.2) is 0 Å². The van der Waals surface area contributed by atoms with Crippen LogP contribution in [-0.4, -0.2) is 41.8 Å². The third kappa shape index (κ3) is 4.85. The summed E-state index contributed by atoms with van der Waals surface area (Å²) in [5.74, 6) is -1.36. The van der Waals surface area contributed by atoms with Crippen molar-refractivity contribution < 1.29 is 32.3 Å². The van der Waals surface area contributed by atoms with Gasteiger partial charge in [0.05, 0.1) is 24.4 Å². The van der Waals surface area contributed by atoms with Crippen LogP contribution in [0.15, 0.2) is 42.5 Å². The molecule has 0 aromatic heterocycles. The van der Waals surface area contributed by atoms with E-state index in [-0.39, 0.29) is 30.0 Å². The highest BCUT2D eigenvalue weighted by Gasteiger charge is 2.47. The van der Waals surface area contributed by atoms with Crippen LogP contribution < -0.4 is 15.4 Å². The van der Waals surface area contributed by atoms with Crippen LogP contribution in [-0.2, 0) is 15.8 Å². The molecule has 0 spiro atoms. The maximum Gasteiger partial charge on any atom is 0.416 e. The smallest absolute Gasteiger partial charge is 0.416 e. The highest BCUT2D eigenvalue weighted by Crippen LogP contribution is 2.42. The molecule has 180 valence electrons. The Morgan fingerprint density at radius 3 is 2.56 bits per heavy atom. The quantitative estimate of drug-likeness (QED) is 0.606. The van der Waals surface area contributed by atoms with Gasteiger partial charge < -0.3 is 20.3 Å². The minimum Gasteiger partial charge on any atom is -0.491 e. The Bertz CT molecular complexity index is 1110. The average Bonchev–Trinajstić information content (AvgIpc) is 3.60. The summed E-state index contributed by atoms with van der Waals surface area (Å²) >= 11 is 0. The van der Waals surface area contributed by atoms with Crippen molar-refractivity contribution in [1.29, 1.82) is 0 Å². The summed E-state index contributed by atoms with van der Waals surface area (Å²) < 4.78 is 44.8. The first-order valence-electron chi connectivity index (χ1n) is 11.0. The number of hydrogen-bond acceptors (Lipinski definition) is 4. The molecule has 0 radical (unpaired) electrons. The molecule has 1 unspecified atom stereocenters. The normalized spacial score (nSPS) is 17.4. The van der Waals surface area contributed by atoms with Crippen molar-refractivity contribution in [3.05, 3.63) is 59.2 Å². The number of hydrogen-bond donors (Lipinski definition) is 2. The Labute approximate surface area is 194 Å². The van der Waals surface area contributed by atoms with Gasteiger partial charge in [0.25, 0.3) is 5.91 Å². The topological polar surface area (TPSA) is 87.7 Å². The summed E-state index contributed by atoms with van der Waals surface area (Å²) in [6, 6.07) is 8.80. The summed E-state index contributed by atoms with van der Waals surface area (Å²) in [7, 11) is 0. The summed E-state index contributed by atoms with van der Waals surface area (Å²) in [5.41, 5.74) is -0.0357. The van der Waals surface area contributed by atoms with Gasteiger partial charge in [-0.1, -0.05) is 25.1 Å². The molecule has 0 bridgehead atoms. The zero-order chi connectivity index (χ0) is 24.5. The van der Waals surface area contributed by atoms with Crippen molar-refractivity contribution >= 4 is 23.4 Å². The Balaban J connectivity index is 1.46. The van der Waals surface area contributed by atoms with E-state index in [4.69, 9.17) is 4.74 Å². The molecule has 1 atom stereocenters. The zero-order valence-electron chi connectivity index (χ0n) is 18.4. The second-order valence-corrected chi connectivity index (χ2v) is 8.26. The molecule has 1 aliphatic carbocycles. The Morgan fingerprint density at radius 2 is 1.88 bits per heavy atom. The van der Waals surface area contributed by atoms with Gasteiger partial charge in [-0.2, -0.15) is 13.2 Å². The Kier molecular flexibility index (Phi) is 6.49. The number of amides is 3. The van der Waals surface area contributed by atoms with E-state index in [1.807, 2.05) is 6.92 Å². The number of carbonyl (C=O) groups is 3. The van der Waals surface area contributed by atoms with E-state index in [0.29, 0.717) is 17.5 Å². The zero-order valence-corrected chi connectivity index (χ0v) is 18.4. The lowest BCUT2D eigenvalue weighted by molar-refractivity contribution is -0.137. The predicted octanol–water partition coefficient (Wildman–Crippen LogP) is 3.91. The van der Waals surface area contributed by atoms with Crippen molar-refractivity contribution in [1.82, 2.24) is 10.2 Å². The number of anilines is 1. The maximum atomic E-state index is 13.1. The Morgan fingerprint density at radius 1 is 1.15 bits per heavy atom. The molecule has 2 aromatic carbocycles. The van der Waals surface area contributed by atoms with Gasteiger partial charge in [0.2, 0.25) is 11.8 Å². The summed E-state index contributed by atoms with van der Waals surface area (Å²) in [6.07, 6.45) is -2.35. The van der Waals surface area contributed by atoms with Gasteiger partial charge in [-0.05, 0) is 49.1 Å². The van der Waals surface area contributed by atoms with Crippen molar-refractivity contribution in [3.63, 3.8) is 0 Å². The lowest BCUT2D eigenvalue weighted by Gasteiger charge is -2.24. The van der Waals surface area contributed by atoms with E-state index >= 15 is 0 Å². The number of halogens is 3. The highest BCUT2D eigenvalue weighted by molar-refractivity contribution is 6.05. The number of ether oxygens (including phenoxy) is 1. The molecule has 0 saturated heterocycles. The van der Waals surface area contributed by atoms with Gasteiger partial charge in [0.1, 0.15) is 11.8 Å². The minimum absolute atomic E-state index is 0.0205. The molecule has 7 nitrogen and oxygen atoms in total. The fourth-order valence-corrected chi connectivity index (χ4v) is 3.93. The molecule has 1 aliphatic heterocycles. The number of fused-ring (bicyclic) bond motifs is 1. The van der Waals surface area contributed by atoms with Crippen LogP contribution in [0.4, 0.5) is 18.9 Å². The lowest BCUT2D eigenvalue weighted by atomic mass is 10.0. The van der Waals surface area contributed by atoms with Crippen molar-refractivity contribution in [2.45, 2.75) is 44.4 Å². The molecule has 3 amide bonds. The number of benzene rings is 2.